The minimum Gasteiger partial charge on any atom is -0.316 e. The molecule has 0 radical (unpaired) electrons. The van der Waals surface area contributed by atoms with Crippen LogP contribution in [0.5, 0.6) is 0 Å². The molecule has 0 spiro atoms. The third kappa shape index (κ3) is 3.94. The Morgan fingerprint density at radius 3 is 2.67 bits per heavy atom. The molecule has 0 amide bonds. The number of aromatic nitrogens is 4. The fourth-order valence-corrected chi connectivity index (χ4v) is 2.70. The Morgan fingerprint density at radius 2 is 2.00 bits per heavy atom. The second kappa shape index (κ2) is 7.41. The molecule has 0 bridgehead atoms. The van der Waals surface area contributed by atoms with Crippen molar-refractivity contribution in [3.05, 3.63) is 34.9 Å². The highest BCUT2D eigenvalue weighted by atomic mass is 15.3. The number of hydrogen-bond donors (Lipinski definition) is 1. The van der Waals surface area contributed by atoms with Crippen molar-refractivity contribution in [3.63, 3.8) is 0 Å². The van der Waals surface area contributed by atoms with Gasteiger partial charge in [-0.1, -0.05) is 6.92 Å². The lowest BCUT2D eigenvalue weighted by Gasteiger charge is -2.07. The molecule has 5 heteroatoms. The van der Waals surface area contributed by atoms with Crippen LogP contribution in [0.2, 0.25) is 0 Å². The maximum Gasteiger partial charge on any atom is 0.0628 e. The summed E-state index contributed by atoms with van der Waals surface area (Å²) in [5.74, 6) is 0. The molecular weight excluding hydrogens is 262 g/mol. The minimum absolute atomic E-state index is 0.911. The Bertz CT molecular complexity index is 567. The molecule has 0 fully saturated rings. The summed E-state index contributed by atoms with van der Waals surface area (Å²) in [6, 6.07) is 2.07. The van der Waals surface area contributed by atoms with Crippen molar-refractivity contribution in [2.24, 2.45) is 7.05 Å². The lowest BCUT2D eigenvalue weighted by Crippen LogP contribution is -2.18. The normalized spacial score (nSPS) is 11.2. The van der Waals surface area contributed by atoms with Crippen molar-refractivity contribution in [2.75, 3.05) is 13.1 Å². The van der Waals surface area contributed by atoms with E-state index in [1.54, 1.807) is 0 Å². The van der Waals surface area contributed by atoms with Crippen molar-refractivity contribution in [1.29, 1.82) is 0 Å². The summed E-state index contributed by atoms with van der Waals surface area (Å²) in [6.07, 6.45) is 5.05. The Kier molecular flexibility index (Phi) is 5.56. The van der Waals surface area contributed by atoms with E-state index in [-0.39, 0.29) is 0 Å². The van der Waals surface area contributed by atoms with Crippen LogP contribution >= 0.6 is 0 Å². The molecule has 0 saturated heterocycles. The predicted octanol–water partition coefficient (Wildman–Crippen LogP) is 2.02. The minimum atomic E-state index is 0.911. The summed E-state index contributed by atoms with van der Waals surface area (Å²) < 4.78 is 4.07. The fourth-order valence-electron chi connectivity index (χ4n) is 2.70. The van der Waals surface area contributed by atoms with E-state index in [0.717, 1.165) is 38.2 Å². The number of nitrogens with one attached hydrogen (secondary N) is 1. The molecule has 2 rings (SSSR count). The molecule has 2 aromatic rings. The van der Waals surface area contributed by atoms with Crippen LogP contribution in [-0.4, -0.2) is 32.7 Å². The summed E-state index contributed by atoms with van der Waals surface area (Å²) in [6.45, 7) is 9.52. The maximum absolute atomic E-state index is 4.70. The van der Waals surface area contributed by atoms with Crippen LogP contribution in [0.3, 0.4) is 0 Å². The first-order valence-corrected chi connectivity index (χ1v) is 7.84. The van der Waals surface area contributed by atoms with Gasteiger partial charge in [-0.2, -0.15) is 10.2 Å². The van der Waals surface area contributed by atoms with Crippen LogP contribution in [0.25, 0.3) is 0 Å². The van der Waals surface area contributed by atoms with Crippen LogP contribution < -0.4 is 5.32 Å². The summed E-state index contributed by atoms with van der Waals surface area (Å²) in [7, 11) is 1.99. The standard InChI is InChI=1S/C16H27N5/c1-5-9-17-10-7-16-13(2)19-21(14(16)3)12-8-15-6-11-18-20(15)4/h6,11,17H,5,7-10,12H2,1-4H3. The van der Waals surface area contributed by atoms with Crippen molar-refractivity contribution in [2.45, 2.75) is 46.6 Å². The highest BCUT2D eigenvalue weighted by Crippen LogP contribution is 2.14. The molecule has 1 N–H and O–H groups in total. The molecule has 0 unspecified atom stereocenters. The first-order chi connectivity index (χ1) is 10.1. The van der Waals surface area contributed by atoms with Gasteiger partial charge in [0.2, 0.25) is 0 Å². The zero-order chi connectivity index (χ0) is 15.2. The lowest BCUT2D eigenvalue weighted by atomic mass is 10.1. The summed E-state index contributed by atoms with van der Waals surface area (Å²) in [5, 5.41) is 12.4. The van der Waals surface area contributed by atoms with Crippen LogP contribution in [0, 0.1) is 13.8 Å². The predicted molar refractivity (Wildman–Crippen MR) is 85.5 cm³/mol. The molecule has 0 aromatic carbocycles. The van der Waals surface area contributed by atoms with Crippen LogP contribution in [0.4, 0.5) is 0 Å². The number of rotatable bonds is 8. The second-order valence-corrected chi connectivity index (χ2v) is 5.57. The Balaban J connectivity index is 1.96. The van der Waals surface area contributed by atoms with E-state index in [1.165, 1.54) is 23.4 Å². The third-order valence-corrected chi connectivity index (χ3v) is 4.01. The van der Waals surface area contributed by atoms with Gasteiger partial charge in [0.25, 0.3) is 0 Å². The van der Waals surface area contributed by atoms with Crippen LogP contribution in [-0.2, 0) is 26.4 Å². The highest BCUT2D eigenvalue weighted by molar-refractivity contribution is 5.25. The van der Waals surface area contributed by atoms with Gasteiger partial charge in [-0.05, 0) is 51.4 Å². The average Bonchev–Trinajstić information content (AvgIpc) is 2.98. The Hall–Kier alpha value is -1.62. The van der Waals surface area contributed by atoms with E-state index in [9.17, 15) is 0 Å². The first-order valence-electron chi connectivity index (χ1n) is 7.84. The largest absolute Gasteiger partial charge is 0.316 e. The van der Waals surface area contributed by atoms with E-state index < -0.39 is 0 Å². The lowest BCUT2D eigenvalue weighted by molar-refractivity contribution is 0.570. The van der Waals surface area contributed by atoms with Gasteiger partial charge in [0.15, 0.2) is 0 Å². The maximum atomic E-state index is 4.70. The molecule has 0 saturated carbocycles. The number of aryl methyl sites for hydroxylation is 4. The van der Waals surface area contributed by atoms with E-state index in [1.807, 2.05) is 17.9 Å². The molecular formula is C16H27N5. The van der Waals surface area contributed by atoms with Crippen LogP contribution in [0.15, 0.2) is 12.3 Å². The highest BCUT2D eigenvalue weighted by Gasteiger charge is 2.11. The Morgan fingerprint density at radius 1 is 1.19 bits per heavy atom. The van der Waals surface area contributed by atoms with Gasteiger partial charge in [-0.15, -0.1) is 0 Å². The van der Waals surface area contributed by atoms with Gasteiger partial charge in [-0.3, -0.25) is 9.36 Å². The van der Waals surface area contributed by atoms with Crippen molar-refractivity contribution < 1.29 is 0 Å². The quantitative estimate of drug-likeness (QED) is 0.756. The molecule has 0 aliphatic heterocycles. The van der Waals surface area contributed by atoms with Gasteiger partial charge >= 0.3 is 0 Å². The average molecular weight is 289 g/mol. The van der Waals surface area contributed by atoms with E-state index in [0.29, 0.717) is 0 Å². The summed E-state index contributed by atoms with van der Waals surface area (Å²) in [5.41, 5.74) is 5.10. The first kappa shape index (κ1) is 15.8. The topological polar surface area (TPSA) is 47.7 Å². The van der Waals surface area contributed by atoms with Crippen molar-refractivity contribution in [3.8, 4) is 0 Å². The van der Waals surface area contributed by atoms with Crippen molar-refractivity contribution >= 4 is 0 Å². The van der Waals surface area contributed by atoms with E-state index >= 15 is 0 Å². The second-order valence-electron chi connectivity index (χ2n) is 5.57. The molecule has 0 atom stereocenters. The monoisotopic (exact) mass is 289 g/mol. The molecule has 2 heterocycles. The number of hydrogen-bond acceptors (Lipinski definition) is 3. The molecule has 0 aliphatic carbocycles. The summed E-state index contributed by atoms with van der Waals surface area (Å²) in [4.78, 5) is 0. The third-order valence-electron chi connectivity index (χ3n) is 4.01. The molecule has 116 valence electrons. The Labute approximate surface area is 127 Å². The zero-order valence-electron chi connectivity index (χ0n) is 13.7. The van der Waals surface area contributed by atoms with Crippen LogP contribution in [0.1, 0.15) is 36.0 Å². The molecule has 21 heavy (non-hydrogen) atoms. The van der Waals surface area contributed by atoms with Gasteiger partial charge < -0.3 is 5.32 Å². The molecule has 5 nitrogen and oxygen atoms in total. The van der Waals surface area contributed by atoms with Gasteiger partial charge in [0.1, 0.15) is 0 Å². The summed E-state index contributed by atoms with van der Waals surface area (Å²) >= 11 is 0. The van der Waals surface area contributed by atoms with Gasteiger partial charge in [-0.25, -0.2) is 0 Å². The van der Waals surface area contributed by atoms with E-state index in [2.05, 4.69) is 41.9 Å². The molecule has 0 aliphatic rings. The van der Waals surface area contributed by atoms with E-state index in [4.69, 9.17) is 5.10 Å². The zero-order valence-corrected chi connectivity index (χ0v) is 13.7. The SMILES string of the molecule is CCCNCCc1c(C)nn(CCc2ccnn2C)c1C. The molecule has 2 aromatic heterocycles. The smallest absolute Gasteiger partial charge is 0.0628 e. The van der Waals surface area contributed by atoms with Gasteiger partial charge in [0, 0.05) is 37.6 Å². The van der Waals surface area contributed by atoms with Crippen molar-refractivity contribution in [1.82, 2.24) is 24.9 Å². The fraction of sp³-hybridized carbons (Fsp3) is 0.625. The van der Waals surface area contributed by atoms with Gasteiger partial charge in [0.05, 0.1) is 5.69 Å². The number of nitrogens with zero attached hydrogens (tertiary/aromatic N) is 4.